The Kier molecular flexibility index (Phi) is 3.20. The molecule has 21 heavy (non-hydrogen) atoms. The van der Waals surface area contributed by atoms with Crippen molar-refractivity contribution in [2.24, 2.45) is 0 Å². The second kappa shape index (κ2) is 4.92. The molecule has 1 aliphatic rings. The van der Waals surface area contributed by atoms with Crippen molar-refractivity contribution in [2.75, 3.05) is 7.05 Å². The maximum absolute atomic E-state index is 12.3. The monoisotopic (exact) mass is 281 g/mol. The van der Waals surface area contributed by atoms with Crippen molar-refractivity contribution >= 4 is 5.91 Å². The van der Waals surface area contributed by atoms with Gasteiger partial charge in [0.25, 0.3) is 0 Å². The SMILES string of the molecule is CC1N(C)C(=O)CC1(c1ccccc1)c1ccc(O)cc1. The fourth-order valence-corrected chi connectivity index (χ4v) is 3.41. The smallest absolute Gasteiger partial charge is 0.223 e. The Morgan fingerprint density at radius 2 is 1.62 bits per heavy atom. The van der Waals surface area contributed by atoms with Crippen molar-refractivity contribution in [2.45, 2.75) is 24.8 Å². The lowest BCUT2D eigenvalue weighted by atomic mass is 9.69. The van der Waals surface area contributed by atoms with E-state index in [2.05, 4.69) is 19.1 Å². The highest BCUT2D eigenvalue weighted by molar-refractivity contribution is 5.83. The normalized spacial score (nSPS) is 25.3. The van der Waals surface area contributed by atoms with Gasteiger partial charge in [0, 0.05) is 24.9 Å². The van der Waals surface area contributed by atoms with E-state index in [9.17, 15) is 9.90 Å². The summed E-state index contributed by atoms with van der Waals surface area (Å²) in [6.45, 7) is 2.09. The quantitative estimate of drug-likeness (QED) is 0.919. The number of phenolic OH excluding ortho intramolecular Hbond substituents is 1. The van der Waals surface area contributed by atoms with Crippen LogP contribution in [0.25, 0.3) is 0 Å². The average molecular weight is 281 g/mol. The number of phenols is 1. The van der Waals surface area contributed by atoms with Crippen LogP contribution in [0.1, 0.15) is 24.5 Å². The molecule has 3 heteroatoms. The van der Waals surface area contributed by atoms with Gasteiger partial charge in [0.05, 0.1) is 0 Å². The van der Waals surface area contributed by atoms with E-state index in [1.54, 1.807) is 12.1 Å². The van der Waals surface area contributed by atoms with E-state index < -0.39 is 0 Å². The summed E-state index contributed by atoms with van der Waals surface area (Å²) in [6.07, 6.45) is 0.458. The summed E-state index contributed by atoms with van der Waals surface area (Å²) in [4.78, 5) is 14.1. The summed E-state index contributed by atoms with van der Waals surface area (Å²) in [6, 6.07) is 17.4. The van der Waals surface area contributed by atoms with Crippen molar-refractivity contribution in [1.82, 2.24) is 4.90 Å². The predicted molar refractivity (Wildman–Crippen MR) is 82.2 cm³/mol. The third kappa shape index (κ3) is 2.00. The molecule has 0 radical (unpaired) electrons. The van der Waals surface area contributed by atoms with Crippen molar-refractivity contribution in [3.05, 3.63) is 65.7 Å². The molecule has 1 saturated heterocycles. The van der Waals surface area contributed by atoms with Crippen molar-refractivity contribution in [3.8, 4) is 5.75 Å². The molecule has 1 aliphatic heterocycles. The van der Waals surface area contributed by atoms with Crippen LogP contribution in [-0.4, -0.2) is 29.0 Å². The Morgan fingerprint density at radius 3 is 2.14 bits per heavy atom. The molecule has 0 bridgehead atoms. The van der Waals surface area contributed by atoms with Crippen LogP contribution < -0.4 is 0 Å². The Labute approximate surface area is 124 Å². The number of carbonyl (C=O) groups is 1. The van der Waals surface area contributed by atoms with Crippen LogP contribution in [0.15, 0.2) is 54.6 Å². The first-order chi connectivity index (χ1) is 10.1. The Hall–Kier alpha value is -2.29. The summed E-state index contributed by atoms with van der Waals surface area (Å²) in [5, 5.41) is 9.55. The molecule has 2 aromatic rings. The van der Waals surface area contributed by atoms with E-state index in [4.69, 9.17) is 0 Å². The molecule has 0 aromatic heterocycles. The number of hydrogen-bond acceptors (Lipinski definition) is 2. The number of hydrogen-bond donors (Lipinski definition) is 1. The molecule has 108 valence electrons. The van der Waals surface area contributed by atoms with Crippen molar-refractivity contribution in [1.29, 1.82) is 0 Å². The van der Waals surface area contributed by atoms with Gasteiger partial charge in [-0.15, -0.1) is 0 Å². The van der Waals surface area contributed by atoms with E-state index in [1.165, 1.54) is 0 Å². The number of carbonyl (C=O) groups excluding carboxylic acids is 1. The number of amides is 1. The van der Waals surface area contributed by atoms with Gasteiger partial charge in [-0.05, 0) is 30.2 Å². The van der Waals surface area contributed by atoms with Gasteiger partial charge < -0.3 is 10.0 Å². The minimum atomic E-state index is -0.360. The van der Waals surface area contributed by atoms with E-state index >= 15 is 0 Å². The van der Waals surface area contributed by atoms with Crippen LogP contribution in [0.2, 0.25) is 0 Å². The Balaban J connectivity index is 2.21. The number of benzene rings is 2. The van der Waals surface area contributed by atoms with Crippen LogP contribution >= 0.6 is 0 Å². The standard InChI is InChI=1S/C18H19NO2/c1-13-18(12-17(21)19(13)2,14-6-4-3-5-7-14)15-8-10-16(20)11-9-15/h3-11,13,20H,12H2,1-2H3. The number of aromatic hydroxyl groups is 1. The molecule has 2 unspecified atom stereocenters. The molecule has 1 amide bonds. The zero-order chi connectivity index (χ0) is 15.0. The lowest BCUT2D eigenvalue weighted by molar-refractivity contribution is -0.127. The first-order valence-corrected chi connectivity index (χ1v) is 7.16. The van der Waals surface area contributed by atoms with Gasteiger partial charge in [0.15, 0.2) is 0 Å². The first kappa shape index (κ1) is 13.7. The van der Waals surface area contributed by atoms with Crippen LogP contribution in [-0.2, 0) is 10.2 Å². The molecule has 0 aliphatic carbocycles. The summed E-state index contributed by atoms with van der Waals surface area (Å²) in [7, 11) is 1.86. The number of likely N-dealkylation sites (N-methyl/N-ethyl adjacent to an activating group) is 1. The molecular weight excluding hydrogens is 262 g/mol. The largest absolute Gasteiger partial charge is 0.508 e. The van der Waals surface area contributed by atoms with E-state index in [-0.39, 0.29) is 23.1 Å². The topological polar surface area (TPSA) is 40.5 Å². The number of nitrogens with zero attached hydrogens (tertiary/aromatic N) is 1. The van der Waals surface area contributed by atoms with E-state index in [0.29, 0.717) is 6.42 Å². The summed E-state index contributed by atoms with van der Waals surface area (Å²) in [5.74, 6) is 0.395. The second-order valence-electron chi connectivity index (χ2n) is 5.74. The van der Waals surface area contributed by atoms with Gasteiger partial charge >= 0.3 is 0 Å². The molecule has 3 rings (SSSR count). The minimum absolute atomic E-state index is 0.0666. The summed E-state index contributed by atoms with van der Waals surface area (Å²) in [5.41, 5.74) is 1.85. The predicted octanol–water partition coefficient (Wildman–Crippen LogP) is 2.93. The maximum atomic E-state index is 12.3. The van der Waals surface area contributed by atoms with Crippen molar-refractivity contribution < 1.29 is 9.90 Å². The molecule has 0 saturated carbocycles. The van der Waals surface area contributed by atoms with Crippen LogP contribution in [0.5, 0.6) is 5.75 Å². The highest BCUT2D eigenvalue weighted by Gasteiger charge is 2.50. The lowest BCUT2D eigenvalue weighted by Crippen LogP contribution is -2.40. The van der Waals surface area contributed by atoms with Gasteiger partial charge in [-0.2, -0.15) is 0 Å². The molecule has 2 aromatic carbocycles. The fourth-order valence-electron chi connectivity index (χ4n) is 3.41. The number of likely N-dealkylation sites (tertiary alicyclic amines) is 1. The van der Waals surface area contributed by atoms with Gasteiger partial charge in [0.1, 0.15) is 5.75 Å². The minimum Gasteiger partial charge on any atom is -0.508 e. The van der Waals surface area contributed by atoms with Gasteiger partial charge in [-0.3, -0.25) is 4.79 Å². The van der Waals surface area contributed by atoms with Crippen LogP contribution in [0.3, 0.4) is 0 Å². The van der Waals surface area contributed by atoms with Gasteiger partial charge in [-0.25, -0.2) is 0 Å². The maximum Gasteiger partial charge on any atom is 0.223 e. The van der Waals surface area contributed by atoms with Crippen LogP contribution in [0, 0.1) is 0 Å². The van der Waals surface area contributed by atoms with E-state index in [1.807, 2.05) is 42.3 Å². The molecule has 0 spiro atoms. The molecular formula is C18H19NO2. The third-order valence-electron chi connectivity index (χ3n) is 4.79. The third-order valence-corrected chi connectivity index (χ3v) is 4.79. The second-order valence-corrected chi connectivity index (χ2v) is 5.74. The average Bonchev–Trinajstić information content (AvgIpc) is 2.74. The zero-order valence-electron chi connectivity index (χ0n) is 12.3. The molecule has 3 nitrogen and oxygen atoms in total. The Bertz CT molecular complexity index is 651. The highest BCUT2D eigenvalue weighted by Crippen LogP contribution is 2.45. The summed E-state index contributed by atoms with van der Waals surface area (Å²) < 4.78 is 0. The molecule has 1 N–H and O–H groups in total. The first-order valence-electron chi connectivity index (χ1n) is 7.16. The molecule has 2 atom stereocenters. The molecule has 1 heterocycles. The molecule has 1 fully saturated rings. The lowest BCUT2D eigenvalue weighted by Gasteiger charge is -2.35. The zero-order valence-corrected chi connectivity index (χ0v) is 12.3. The van der Waals surface area contributed by atoms with E-state index in [0.717, 1.165) is 11.1 Å². The highest BCUT2D eigenvalue weighted by atomic mass is 16.3. The van der Waals surface area contributed by atoms with Gasteiger partial charge in [-0.1, -0.05) is 42.5 Å². The van der Waals surface area contributed by atoms with Crippen LogP contribution in [0.4, 0.5) is 0 Å². The summed E-state index contributed by atoms with van der Waals surface area (Å²) >= 11 is 0. The van der Waals surface area contributed by atoms with Gasteiger partial charge in [0.2, 0.25) is 5.91 Å². The number of rotatable bonds is 2. The fraction of sp³-hybridized carbons (Fsp3) is 0.278. The van der Waals surface area contributed by atoms with Crippen molar-refractivity contribution in [3.63, 3.8) is 0 Å². The Morgan fingerprint density at radius 1 is 1.05 bits per heavy atom.